The molecule has 184 valence electrons. The highest BCUT2D eigenvalue weighted by Gasteiger charge is 2.19. The van der Waals surface area contributed by atoms with Gasteiger partial charge in [0.1, 0.15) is 13.2 Å². The molecule has 2 N–H and O–H groups in total. The van der Waals surface area contributed by atoms with Crippen molar-refractivity contribution >= 4 is 28.0 Å². The molecule has 0 spiro atoms. The molecule has 0 aliphatic rings. The maximum absolute atomic E-state index is 12.5. The van der Waals surface area contributed by atoms with E-state index in [9.17, 15) is 9.90 Å². The number of aliphatic hydroxyl groups excluding tert-OH is 1. The summed E-state index contributed by atoms with van der Waals surface area (Å²) >= 11 is 0. The summed E-state index contributed by atoms with van der Waals surface area (Å²) < 4.78 is 14.3. The largest absolute Gasteiger partial charge is 0.470 e. The van der Waals surface area contributed by atoms with E-state index in [0.717, 1.165) is 10.8 Å². The second-order valence-corrected chi connectivity index (χ2v) is 8.13. The molecule has 0 saturated carbocycles. The monoisotopic (exact) mass is 497 g/mol. The Morgan fingerprint density at radius 3 is 2.73 bits per heavy atom. The molecule has 5 heterocycles. The third-order valence-electron chi connectivity index (χ3n) is 5.58. The molecular formula is C24H19N9O4. The van der Waals surface area contributed by atoms with Gasteiger partial charge in [-0.15, -0.1) is 15.3 Å². The minimum absolute atomic E-state index is 0.114. The molecule has 37 heavy (non-hydrogen) atoms. The molecule has 0 bridgehead atoms. The Morgan fingerprint density at radius 1 is 1.14 bits per heavy atom. The zero-order chi connectivity index (χ0) is 25.4. The van der Waals surface area contributed by atoms with Crippen molar-refractivity contribution in [2.75, 3.05) is 5.32 Å². The van der Waals surface area contributed by atoms with Gasteiger partial charge in [0.15, 0.2) is 17.1 Å². The van der Waals surface area contributed by atoms with Gasteiger partial charge in [0, 0.05) is 36.3 Å². The van der Waals surface area contributed by atoms with E-state index in [1.165, 1.54) is 10.7 Å². The second-order valence-electron chi connectivity index (χ2n) is 8.13. The predicted molar refractivity (Wildman–Crippen MR) is 129 cm³/mol. The molecule has 0 aliphatic heterocycles. The SMILES string of the molecule is Cn1cc(NC(=O)c2ccc(COc3nn4c(-c5cc(CO)on5)nnc4c4ccccc34)nc2)cn1. The zero-order valence-corrected chi connectivity index (χ0v) is 19.4. The molecule has 0 aliphatic carbocycles. The minimum atomic E-state index is -0.288. The normalized spacial score (nSPS) is 11.3. The van der Waals surface area contributed by atoms with Gasteiger partial charge in [0.25, 0.3) is 5.91 Å². The molecule has 0 unspecified atom stereocenters. The highest BCUT2D eigenvalue weighted by molar-refractivity contribution is 6.03. The maximum Gasteiger partial charge on any atom is 0.257 e. The Morgan fingerprint density at radius 2 is 2.00 bits per heavy atom. The number of benzene rings is 1. The first-order valence-corrected chi connectivity index (χ1v) is 11.2. The number of carbonyl (C=O) groups is 1. The number of amides is 1. The Labute approximate surface area is 208 Å². The van der Waals surface area contributed by atoms with Crippen LogP contribution in [0.5, 0.6) is 5.88 Å². The highest BCUT2D eigenvalue weighted by atomic mass is 16.5. The van der Waals surface area contributed by atoms with Crippen LogP contribution in [0.2, 0.25) is 0 Å². The van der Waals surface area contributed by atoms with E-state index in [1.54, 1.807) is 42.3 Å². The summed E-state index contributed by atoms with van der Waals surface area (Å²) in [7, 11) is 1.77. The average molecular weight is 497 g/mol. The number of rotatable bonds is 7. The van der Waals surface area contributed by atoms with E-state index in [-0.39, 0.29) is 19.1 Å². The van der Waals surface area contributed by atoms with Gasteiger partial charge in [-0.3, -0.25) is 14.5 Å². The first-order chi connectivity index (χ1) is 18.1. The third kappa shape index (κ3) is 4.23. The van der Waals surface area contributed by atoms with Gasteiger partial charge in [-0.25, -0.2) is 0 Å². The lowest BCUT2D eigenvalue weighted by Crippen LogP contribution is -2.12. The Balaban J connectivity index is 1.26. The standard InChI is InChI=1S/C24H19N9O4/c1-32-11-16(10-26-32)27-23(35)14-6-7-15(25-9-14)13-36-24-19-5-3-2-4-18(19)21-28-29-22(33(21)30-24)20-8-17(12-34)37-31-20/h2-11,34H,12-13H2,1H3,(H,27,35). The Hall–Kier alpha value is -5.17. The number of carbonyl (C=O) groups excluding carboxylic acids is 1. The number of hydrogen-bond acceptors (Lipinski definition) is 10. The zero-order valence-electron chi connectivity index (χ0n) is 19.4. The van der Waals surface area contributed by atoms with E-state index in [0.29, 0.717) is 45.8 Å². The molecule has 0 atom stereocenters. The van der Waals surface area contributed by atoms with Gasteiger partial charge in [-0.05, 0) is 18.2 Å². The summed E-state index contributed by atoms with van der Waals surface area (Å²) in [6.45, 7) is -0.172. The summed E-state index contributed by atoms with van der Waals surface area (Å²) in [6.07, 6.45) is 4.76. The number of nitrogens with one attached hydrogen (secondary N) is 1. The van der Waals surface area contributed by atoms with Crippen LogP contribution >= 0.6 is 0 Å². The first kappa shape index (κ1) is 22.3. The van der Waals surface area contributed by atoms with Gasteiger partial charge < -0.3 is 19.7 Å². The van der Waals surface area contributed by atoms with Crippen molar-refractivity contribution in [1.29, 1.82) is 0 Å². The van der Waals surface area contributed by atoms with Gasteiger partial charge in [0.05, 0.1) is 23.1 Å². The van der Waals surface area contributed by atoms with Crippen LogP contribution in [0.15, 0.2) is 65.6 Å². The molecule has 0 fully saturated rings. The number of aromatic nitrogens is 8. The smallest absolute Gasteiger partial charge is 0.257 e. The van der Waals surface area contributed by atoms with Gasteiger partial charge in [0.2, 0.25) is 11.7 Å². The van der Waals surface area contributed by atoms with Crippen LogP contribution in [0, 0.1) is 0 Å². The number of hydrogen-bond donors (Lipinski definition) is 2. The van der Waals surface area contributed by atoms with Crippen molar-refractivity contribution in [1.82, 2.24) is 39.7 Å². The van der Waals surface area contributed by atoms with Crippen molar-refractivity contribution in [3.8, 4) is 17.4 Å². The average Bonchev–Trinajstić information content (AvgIpc) is 3.67. The lowest BCUT2D eigenvalue weighted by Gasteiger charge is -2.10. The maximum atomic E-state index is 12.5. The number of pyridine rings is 1. The van der Waals surface area contributed by atoms with Gasteiger partial charge >= 0.3 is 0 Å². The fraction of sp³-hybridized carbons (Fsp3) is 0.125. The summed E-state index contributed by atoms with van der Waals surface area (Å²) in [6, 6.07) is 12.5. The molecule has 1 amide bonds. The van der Waals surface area contributed by atoms with E-state index in [1.807, 2.05) is 24.3 Å². The van der Waals surface area contributed by atoms with Gasteiger partial charge in [-0.2, -0.15) is 9.61 Å². The minimum Gasteiger partial charge on any atom is -0.470 e. The van der Waals surface area contributed by atoms with E-state index >= 15 is 0 Å². The molecule has 0 radical (unpaired) electrons. The van der Waals surface area contributed by atoms with Crippen LogP contribution in [-0.4, -0.2) is 50.7 Å². The molecule has 0 saturated heterocycles. The fourth-order valence-electron chi connectivity index (χ4n) is 3.79. The Kier molecular flexibility index (Phi) is 5.50. The van der Waals surface area contributed by atoms with Gasteiger partial charge in [-0.1, -0.05) is 23.4 Å². The van der Waals surface area contributed by atoms with Crippen LogP contribution < -0.4 is 10.1 Å². The van der Waals surface area contributed by atoms with Crippen LogP contribution in [0.4, 0.5) is 5.69 Å². The molecule has 13 heteroatoms. The summed E-state index contributed by atoms with van der Waals surface area (Å²) in [4.78, 5) is 16.8. The van der Waals surface area contributed by atoms with E-state index in [2.05, 4.69) is 35.9 Å². The fourth-order valence-corrected chi connectivity index (χ4v) is 3.79. The van der Waals surface area contributed by atoms with Crippen molar-refractivity contribution < 1.29 is 19.2 Å². The quantitative estimate of drug-likeness (QED) is 0.335. The van der Waals surface area contributed by atoms with Crippen molar-refractivity contribution in [3.63, 3.8) is 0 Å². The van der Waals surface area contributed by atoms with E-state index in [4.69, 9.17) is 9.26 Å². The highest BCUT2D eigenvalue weighted by Crippen LogP contribution is 2.29. The number of aryl methyl sites for hydroxylation is 1. The van der Waals surface area contributed by atoms with E-state index < -0.39 is 0 Å². The predicted octanol–water partition coefficient (Wildman–Crippen LogP) is 2.38. The van der Waals surface area contributed by atoms with Crippen LogP contribution in [-0.2, 0) is 20.3 Å². The van der Waals surface area contributed by atoms with Crippen LogP contribution in [0.1, 0.15) is 21.8 Å². The number of fused-ring (bicyclic) bond motifs is 3. The Bertz CT molecular complexity index is 1740. The number of nitrogens with zero attached hydrogens (tertiary/aromatic N) is 8. The topological polar surface area (TPSA) is 158 Å². The van der Waals surface area contributed by atoms with Crippen LogP contribution in [0.3, 0.4) is 0 Å². The van der Waals surface area contributed by atoms with Crippen LogP contribution in [0.25, 0.3) is 27.9 Å². The molecular weight excluding hydrogens is 478 g/mol. The molecule has 13 nitrogen and oxygen atoms in total. The van der Waals surface area contributed by atoms with Crippen molar-refractivity contribution in [2.45, 2.75) is 13.2 Å². The number of anilines is 1. The summed E-state index contributed by atoms with van der Waals surface area (Å²) in [5.74, 6) is 0.697. The number of ether oxygens (including phenoxy) is 1. The number of aliphatic hydroxyl groups is 1. The molecule has 6 rings (SSSR count). The molecule has 1 aromatic carbocycles. The second kappa shape index (κ2) is 9.13. The summed E-state index contributed by atoms with van der Waals surface area (Å²) in [5.41, 5.74) is 2.51. The van der Waals surface area contributed by atoms with Crippen molar-refractivity contribution in [2.24, 2.45) is 7.05 Å². The third-order valence-corrected chi connectivity index (χ3v) is 5.58. The first-order valence-electron chi connectivity index (χ1n) is 11.2. The lowest BCUT2D eigenvalue weighted by atomic mass is 10.2. The molecule has 5 aromatic heterocycles. The van der Waals surface area contributed by atoms with Crippen molar-refractivity contribution in [3.05, 3.63) is 78.1 Å². The molecule has 6 aromatic rings. The summed E-state index contributed by atoms with van der Waals surface area (Å²) in [5, 5.41) is 34.7. The lowest BCUT2D eigenvalue weighted by molar-refractivity contribution is 0.102.